The number of ether oxygens (including phenoxy) is 1. The number of hydrogen-bond donors (Lipinski definition) is 0. The van der Waals surface area contributed by atoms with E-state index in [9.17, 15) is 4.39 Å². The number of aromatic nitrogens is 1. The number of para-hydroxylation sites is 2. The molecule has 0 saturated heterocycles. The van der Waals surface area contributed by atoms with Crippen molar-refractivity contribution < 1.29 is 13.5 Å². The van der Waals surface area contributed by atoms with E-state index in [2.05, 4.69) is 4.98 Å². The van der Waals surface area contributed by atoms with Crippen molar-refractivity contribution in [2.75, 3.05) is 25.1 Å². The molecule has 4 nitrogen and oxygen atoms in total. The SMILES string of the molecule is CN(CCOc1ccc(F)cc1)c1nc2ccccc2o1. The molecule has 0 amide bonds. The average molecular weight is 286 g/mol. The van der Waals surface area contributed by atoms with Crippen molar-refractivity contribution in [1.29, 1.82) is 0 Å². The maximum absolute atomic E-state index is 12.8. The molecule has 0 radical (unpaired) electrons. The maximum atomic E-state index is 12.8. The fraction of sp³-hybridized carbons (Fsp3) is 0.188. The molecule has 0 aliphatic heterocycles. The second-order valence-electron chi connectivity index (χ2n) is 4.69. The van der Waals surface area contributed by atoms with Crippen LogP contribution in [0.5, 0.6) is 5.75 Å². The first kappa shape index (κ1) is 13.4. The summed E-state index contributed by atoms with van der Waals surface area (Å²) in [6.07, 6.45) is 0. The lowest BCUT2D eigenvalue weighted by Gasteiger charge is -2.14. The predicted octanol–water partition coefficient (Wildman–Crippen LogP) is 3.48. The number of anilines is 1. The van der Waals surface area contributed by atoms with Gasteiger partial charge in [-0.2, -0.15) is 4.98 Å². The molecule has 0 bridgehead atoms. The zero-order chi connectivity index (χ0) is 14.7. The van der Waals surface area contributed by atoms with Crippen LogP contribution in [0.2, 0.25) is 0 Å². The number of nitrogens with zero attached hydrogens (tertiary/aromatic N) is 2. The van der Waals surface area contributed by atoms with E-state index in [0.717, 1.165) is 11.1 Å². The van der Waals surface area contributed by atoms with E-state index in [-0.39, 0.29) is 5.82 Å². The number of halogens is 1. The first-order valence-corrected chi connectivity index (χ1v) is 6.67. The van der Waals surface area contributed by atoms with Gasteiger partial charge in [0, 0.05) is 7.05 Å². The van der Waals surface area contributed by atoms with Gasteiger partial charge < -0.3 is 14.1 Å². The summed E-state index contributed by atoms with van der Waals surface area (Å²) in [4.78, 5) is 6.28. The van der Waals surface area contributed by atoms with Crippen LogP contribution in [0.3, 0.4) is 0 Å². The highest BCUT2D eigenvalue weighted by molar-refractivity contribution is 5.74. The Morgan fingerprint density at radius 2 is 1.90 bits per heavy atom. The molecule has 2 aromatic carbocycles. The second-order valence-corrected chi connectivity index (χ2v) is 4.69. The lowest BCUT2D eigenvalue weighted by Crippen LogP contribution is -2.23. The van der Waals surface area contributed by atoms with Gasteiger partial charge in [0.05, 0.1) is 6.54 Å². The van der Waals surface area contributed by atoms with Crippen molar-refractivity contribution in [3.8, 4) is 5.75 Å². The van der Waals surface area contributed by atoms with Crippen molar-refractivity contribution >= 4 is 17.1 Å². The summed E-state index contributed by atoms with van der Waals surface area (Å²) in [5.74, 6) is 0.369. The number of hydrogen-bond acceptors (Lipinski definition) is 4. The van der Waals surface area contributed by atoms with Gasteiger partial charge in [-0.05, 0) is 36.4 Å². The Bertz CT molecular complexity index is 691. The van der Waals surface area contributed by atoms with Crippen LogP contribution in [0.4, 0.5) is 10.4 Å². The molecule has 0 unspecified atom stereocenters. The van der Waals surface area contributed by atoms with Crippen LogP contribution < -0.4 is 9.64 Å². The molecule has 0 aliphatic rings. The van der Waals surface area contributed by atoms with Crippen LogP contribution in [0.15, 0.2) is 52.9 Å². The van der Waals surface area contributed by atoms with Crippen LogP contribution in [0.1, 0.15) is 0 Å². The third-order valence-electron chi connectivity index (χ3n) is 3.12. The molecule has 0 atom stereocenters. The van der Waals surface area contributed by atoms with Crippen LogP contribution in [-0.4, -0.2) is 25.2 Å². The summed E-state index contributed by atoms with van der Waals surface area (Å²) >= 11 is 0. The van der Waals surface area contributed by atoms with E-state index < -0.39 is 0 Å². The van der Waals surface area contributed by atoms with Gasteiger partial charge in [-0.25, -0.2) is 4.39 Å². The number of fused-ring (bicyclic) bond motifs is 1. The average Bonchev–Trinajstić information content (AvgIpc) is 2.93. The Hall–Kier alpha value is -2.56. The van der Waals surface area contributed by atoms with Crippen molar-refractivity contribution in [1.82, 2.24) is 4.98 Å². The monoisotopic (exact) mass is 286 g/mol. The smallest absolute Gasteiger partial charge is 0.298 e. The van der Waals surface area contributed by atoms with Crippen LogP contribution in [-0.2, 0) is 0 Å². The highest BCUT2D eigenvalue weighted by Gasteiger charge is 2.09. The molecular formula is C16H15FN2O2. The van der Waals surface area contributed by atoms with Crippen molar-refractivity contribution in [2.24, 2.45) is 0 Å². The molecule has 21 heavy (non-hydrogen) atoms. The molecule has 3 rings (SSSR count). The van der Waals surface area contributed by atoms with E-state index in [1.54, 1.807) is 12.1 Å². The molecule has 0 saturated carbocycles. The molecule has 0 fully saturated rings. The van der Waals surface area contributed by atoms with Crippen LogP contribution in [0, 0.1) is 5.82 Å². The molecule has 3 aromatic rings. The Morgan fingerprint density at radius 3 is 2.67 bits per heavy atom. The van der Waals surface area contributed by atoms with Gasteiger partial charge in [0.25, 0.3) is 6.01 Å². The van der Waals surface area contributed by atoms with Gasteiger partial charge in [-0.3, -0.25) is 0 Å². The molecule has 108 valence electrons. The molecule has 1 heterocycles. The largest absolute Gasteiger partial charge is 0.492 e. The summed E-state index contributed by atoms with van der Waals surface area (Å²) in [7, 11) is 1.89. The maximum Gasteiger partial charge on any atom is 0.298 e. The number of rotatable bonds is 5. The number of oxazole rings is 1. The van der Waals surface area contributed by atoms with E-state index in [1.165, 1.54) is 12.1 Å². The van der Waals surface area contributed by atoms with Crippen molar-refractivity contribution in [3.05, 3.63) is 54.3 Å². The fourth-order valence-corrected chi connectivity index (χ4v) is 1.95. The highest BCUT2D eigenvalue weighted by atomic mass is 19.1. The molecule has 0 spiro atoms. The summed E-state index contributed by atoms with van der Waals surface area (Å²) in [5, 5.41) is 0. The lowest BCUT2D eigenvalue weighted by atomic mass is 10.3. The lowest BCUT2D eigenvalue weighted by molar-refractivity contribution is 0.323. The van der Waals surface area contributed by atoms with Crippen LogP contribution >= 0.6 is 0 Å². The minimum absolute atomic E-state index is 0.272. The van der Waals surface area contributed by atoms with Gasteiger partial charge in [-0.15, -0.1) is 0 Å². The Balaban J connectivity index is 1.58. The first-order chi connectivity index (χ1) is 10.2. The topological polar surface area (TPSA) is 38.5 Å². The van der Waals surface area contributed by atoms with Gasteiger partial charge in [0.15, 0.2) is 5.58 Å². The fourth-order valence-electron chi connectivity index (χ4n) is 1.95. The quantitative estimate of drug-likeness (QED) is 0.719. The summed E-state index contributed by atoms with van der Waals surface area (Å²) in [5.41, 5.74) is 1.60. The van der Waals surface area contributed by atoms with E-state index in [4.69, 9.17) is 9.15 Å². The van der Waals surface area contributed by atoms with Crippen molar-refractivity contribution in [2.45, 2.75) is 0 Å². The number of benzene rings is 2. The van der Waals surface area contributed by atoms with E-state index in [0.29, 0.717) is 24.9 Å². The van der Waals surface area contributed by atoms with Gasteiger partial charge >= 0.3 is 0 Å². The van der Waals surface area contributed by atoms with Gasteiger partial charge in [0.1, 0.15) is 23.7 Å². The standard InChI is InChI=1S/C16H15FN2O2/c1-19(10-11-20-13-8-6-12(17)7-9-13)16-18-14-4-2-3-5-15(14)21-16/h2-9H,10-11H2,1H3. The Labute approximate surface area is 121 Å². The zero-order valence-electron chi connectivity index (χ0n) is 11.6. The second kappa shape index (κ2) is 5.83. The minimum atomic E-state index is -0.272. The molecular weight excluding hydrogens is 271 g/mol. The zero-order valence-corrected chi connectivity index (χ0v) is 11.6. The van der Waals surface area contributed by atoms with Crippen molar-refractivity contribution in [3.63, 3.8) is 0 Å². The molecule has 1 aromatic heterocycles. The van der Waals surface area contributed by atoms with Gasteiger partial charge in [-0.1, -0.05) is 12.1 Å². The molecule has 0 N–H and O–H groups in total. The van der Waals surface area contributed by atoms with Crippen LogP contribution in [0.25, 0.3) is 11.1 Å². The minimum Gasteiger partial charge on any atom is -0.492 e. The Kier molecular flexibility index (Phi) is 3.73. The number of likely N-dealkylation sites (N-methyl/N-ethyl adjacent to an activating group) is 1. The summed E-state index contributed by atoms with van der Waals surface area (Å²) in [6, 6.07) is 14.1. The first-order valence-electron chi connectivity index (χ1n) is 6.67. The normalized spacial score (nSPS) is 10.8. The predicted molar refractivity (Wildman–Crippen MR) is 79.2 cm³/mol. The van der Waals surface area contributed by atoms with Gasteiger partial charge in [0.2, 0.25) is 0 Å². The van der Waals surface area contributed by atoms with E-state index in [1.807, 2.05) is 36.2 Å². The summed E-state index contributed by atoms with van der Waals surface area (Å²) < 4.78 is 24.0. The summed E-state index contributed by atoms with van der Waals surface area (Å²) in [6.45, 7) is 1.07. The third kappa shape index (κ3) is 3.13. The highest BCUT2D eigenvalue weighted by Crippen LogP contribution is 2.20. The Morgan fingerprint density at radius 1 is 1.14 bits per heavy atom. The van der Waals surface area contributed by atoms with E-state index >= 15 is 0 Å². The third-order valence-corrected chi connectivity index (χ3v) is 3.12. The molecule has 0 aliphatic carbocycles. The molecule has 5 heteroatoms.